The van der Waals surface area contributed by atoms with Crippen molar-refractivity contribution in [2.24, 2.45) is 16.9 Å². The van der Waals surface area contributed by atoms with Gasteiger partial charge >= 0.3 is 7.60 Å². The maximum atomic E-state index is 14.4. The maximum Gasteiger partial charge on any atom is 0.396 e. The molecule has 8 amide bonds. The zero-order valence-electron chi connectivity index (χ0n) is 50.5. The molecule has 0 saturated carbocycles. The largest absolute Gasteiger partial charge is 0.490 e. The Bertz CT molecular complexity index is 3400. The molecule has 8 rings (SSSR count). The quantitative estimate of drug-likeness (QED) is 0.0401. The van der Waals surface area contributed by atoms with Crippen LogP contribution in [0.4, 0.5) is 0 Å². The lowest BCUT2D eigenvalue weighted by Crippen LogP contribution is -2.61. The van der Waals surface area contributed by atoms with E-state index in [1.54, 1.807) is 29.5 Å². The van der Waals surface area contributed by atoms with Gasteiger partial charge in [0.2, 0.25) is 41.4 Å². The summed E-state index contributed by atoms with van der Waals surface area (Å²) in [5.74, 6) is -3.16. The Morgan fingerprint density at radius 3 is 2.26 bits per heavy atom. The molecule has 5 heterocycles. The van der Waals surface area contributed by atoms with Crippen LogP contribution in [-0.2, 0) is 51.1 Å². The fourth-order valence-electron chi connectivity index (χ4n) is 10.7. The number of β-amino-alcohol motifs (C(OH)–C–C–N with tert-alkyl or cyclic N) is 1. The Kier molecular flexibility index (Phi) is 24.6. The molecule has 88 heavy (non-hydrogen) atoms. The first-order valence-corrected chi connectivity index (χ1v) is 32.1. The molecule has 3 fully saturated rings. The van der Waals surface area contributed by atoms with Gasteiger partial charge in [0.1, 0.15) is 36.2 Å². The van der Waals surface area contributed by atoms with Gasteiger partial charge in [0.15, 0.2) is 0 Å². The number of likely N-dealkylation sites (tertiary alicyclic amines) is 1. The van der Waals surface area contributed by atoms with Crippen LogP contribution >= 0.6 is 30.5 Å². The van der Waals surface area contributed by atoms with Crippen LogP contribution in [-0.4, -0.2) is 155 Å². The van der Waals surface area contributed by atoms with Crippen molar-refractivity contribution in [3.05, 3.63) is 105 Å². The number of hydrogen-bond donors (Lipinski definition) is 9. The first-order valence-electron chi connectivity index (χ1n) is 29.2. The third-order valence-electron chi connectivity index (χ3n) is 15.1. The Balaban J connectivity index is 0.000000333. The molecule has 3 saturated heterocycles. The Labute approximate surface area is 520 Å². The maximum absolute atomic E-state index is 14.4. The van der Waals surface area contributed by atoms with Crippen molar-refractivity contribution in [3.8, 4) is 16.2 Å². The van der Waals surface area contributed by atoms with Crippen molar-refractivity contribution in [3.63, 3.8) is 0 Å². The number of amides is 8. The van der Waals surface area contributed by atoms with Gasteiger partial charge < -0.3 is 66.7 Å². The minimum atomic E-state index is -5.06. The standard InChI is InChI=1S/C37H45ClN7O11P.C22H29N3O3S.C2H6/c1-20(46)44-15-14-25-10-12-29(35(50)41-24(9-13-32(40)48)19-56-30-6-2-4-21(33(30)38)5-3-7-31(39)47)45(25)36(51)28(18-44)43-34(49)27-17-23-16-22(8-11-26(23)42-27)37(52)57(53,54)55;1-14-20(29-13-24-14)16-7-5-15(6-8-16)11-23-21(28)18-9-17(26)12-25(18)19(27)10-22(2,3)4;1-2/h2,4,6,8,11,16-17,24-25,28-29,42H,3,5,7,9-10,12-15,18-19H2,1H3,(H2,39,47)(H2,40,48)(H,41,50)(H,43,49)(H2,53,54,55);5-8,13,17-18,26H,9-12H2,1-4H3,(H,23,28);1-2H3/t24-,25+,28?,29?;17?,18-;/m00./s1. The highest BCUT2D eigenvalue weighted by Gasteiger charge is 2.46. The number of aromatic nitrogens is 2. The summed E-state index contributed by atoms with van der Waals surface area (Å²) in [4.78, 5) is 146. The number of nitrogens with one attached hydrogen (secondary N) is 4. The molecular formula is C61H80ClN10O14PS. The average Bonchev–Trinajstić information content (AvgIpc) is 3.55. The SMILES string of the molecule is CC.CC(=O)N1CC[C@H]2CCC(C(=O)N[C@@H](CCC(N)=O)COc3cccc(CCCC(N)=O)c3Cl)N2C(=O)C(NC(=O)c2cc3cc(C(=O)P(=O)(O)O)ccc3[nH]2)C1.Cc1ncsc1-c1ccc(CNC(=O)[C@@H]2CC(O)CN2C(=O)CC(C)(C)C)cc1. The molecule has 27 heteroatoms. The predicted octanol–water partition coefficient (Wildman–Crippen LogP) is 5.65. The number of ether oxygens (including phenoxy) is 1. The lowest BCUT2D eigenvalue weighted by molar-refractivity contribution is -0.145. The highest BCUT2D eigenvalue weighted by Crippen LogP contribution is 2.40. The third kappa shape index (κ3) is 19.0. The number of aromatic amines is 1. The smallest absolute Gasteiger partial charge is 0.396 e. The van der Waals surface area contributed by atoms with Crippen molar-refractivity contribution >= 4 is 94.2 Å². The normalized spacial score (nSPS) is 18.7. The molecule has 3 aliphatic rings. The zero-order valence-corrected chi connectivity index (χ0v) is 53.0. The Hall–Kier alpha value is -7.54. The summed E-state index contributed by atoms with van der Waals surface area (Å²) >= 11 is 8.20. The van der Waals surface area contributed by atoms with E-state index in [4.69, 9.17) is 27.8 Å². The van der Waals surface area contributed by atoms with E-state index in [-0.39, 0.29) is 92.7 Å². The highest BCUT2D eigenvalue weighted by atomic mass is 35.5. The number of aryl methyl sites for hydroxylation is 2. The van der Waals surface area contributed by atoms with Crippen LogP contribution in [0.3, 0.4) is 0 Å². The molecule has 11 N–H and O–H groups in total. The summed E-state index contributed by atoms with van der Waals surface area (Å²) in [6.45, 7) is 13.9. The predicted molar refractivity (Wildman–Crippen MR) is 332 cm³/mol. The summed E-state index contributed by atoms with van der Waals surface area (Å²) in [5.41, 5.74) is 14.9. The van der Waals surface area contributed by atoms with Gasteiger partial charge in [0.05, 0.1) is 33.3 Å². The first-order chi connectivity index (χ1) is 41.6. The van der Waals surface area contributed by atoms with Gasteiger partial charge in [-0.25, -0.2) is 4.98 Å². The molecule has 3 aliphatic heterocycles. The summed E-state index contributed by atoms with van der Waals surface area (Å²) in [6, 6.07) is 14.4. The fraction of sp³-hybridized carbons (Fsp3) is 0.475. The molecule has 0 radical (unpaired) electrons. The van der Waals surface area contributed by atoms with Crippen molar-refractivity contribution in [1.82, 2.24) is 40.6 Å². The number of fused-ring (bicyclic) bond motifs is 2. The van der Waals surface area contributed by atoms with E-state index in [1.165, 1.54) is 45.9 Å². The van der Waals surface area contributed by atoms with Crippen molar-refractivity contribution in [1.29, 1.82) is 0 Å². The molecule has 0 aliphatic carbocycles. The number of carbonyl (C=O) groups is 9. The van der Waals surface area contributed by atoms with E-state index in [2.05, 4.69) is 25.9 Å². The lowest BCUT2D eigenvalue weighted by atomic mass is 9.91. The summed E-state index contributed by atoms with van der Waals surface area (Å²) in [5, 5.41) is 19.2. The molecule has 3 aromatic carbocycles. The molecule has 6 atom stereocenters. The van der Waals surface area contributed by atoms with E-state index >= 15 is 0 Å². The molecule has 2 aromatic heterocycles. The third-order valence-corrected chi connectivity index (χ3v) is 17.3. The van der Waals surface area contributed by atoms with Crippen molar-refractivity contribution < 1.29 is 67.3 Å². The number of benzene rings is 3. The van der Waals surface area contributed by atoms with E-state index in [9.17, 15) is 62.6 Å². The van der Waals surface area contributed by atoms with Crippen LogP contribution in [0.15, 0.2) is 72.2 Å². The van der Waals surface area contributed by atoms with Crippen molar-refractivity contribution in [2.45, 2.75) is 156 Å². The number of carbonyl (C=O) groups excluding carboxylic acids is 9. The second-order valence-corrected chi connectivity index (χ2v) is 25.8. The number of thiazole rings is 1. The highest BCUT2D eigenvalue weighted by molar-refractivity contribution is 7.70. The average molecular weight is 1280 g/mol. The van der Waals surface area contributed by atoms with Crippen LogP contribution < -0.4 is 32.2 Å². The number of primary amides is 2. The molecule has 3 unspecified atom stereocenters. The fourth-order valence-corrected chi connectivity index (χ4v) is 12.2. The van der Waals surface area contributed by atoms with Crippen LogP contribution in [0.5, 0.6) is 5.75 Å². The molecule has 0 bridgehead atoms. The van der Waals surface area contributed by atoms with Crippen LogP contribution in [0.1, 0.15) is 137 Å². The molecular weight excluding hydrogens is 1200 g/mol. The van der Waals surface area contributed by atoms with Gasteiger partial charge in [-0.15, -0.1) is 11.3 Å². The van der Waals surface area contributed by atoms with Gasteiger partial charge in [0.25, 0.3) is 11.4 Å². The number of rotatable bonds is 21. The summed E-state index contributed by atoms with van der Waals surface area (Å²) in [6.07, 6.45) is 2.28. The Morgan fingerprint density at radius 1 is 0.920 bits per heavy atom. The number of H-pyrrole nitrogens is 1. The lowest BCUT2D eigenvalue weighted by Gasteiger charge is -2.38. The van der Waals surface area contributed by atoms with E-state index in [0.717, 1.165) is 27.3 Å². The minimum Gasteiger partial charge on any atom is -0.490 e. The molecule has 5 aromatic rings. The van der Waals surface area contributed by atoms with Gasteiger partial charge in [-0.2, -0.15) is 0 Å². The summed E-state index contributed by atoms with van der Waals surface area (Å²) in [7, 11) is -5.06. The van der Waals surface area contributed by atoms with Crippen LogP contribution in [0.25, 0.3) is 21.3 Å². The summed E-state index contributed by atoms with van der Waals surface area (Å²) < 4.78 is 17.5. The first kappa shape index (κ1) is 69.6. The van der Waals surface area contributed by atoms with E-state index in [1.807, 2.05) is 71.3 Å². The second kappa shape index (κ2) is 31.1. The number of aliphatic hydroxyl groups is 1. The molecule has 476 valence electrons. The van der Waals surface area contributed by atoms with Gasteiger partial charge in [-0.05, 0) is 97.9 Å². The number of nitrogens with two attached hydrogens (primary N) is 2. The van der Waals surface area contributed by atoms with Crippen LogP contribution in [0.2, 0.25) is 5.02 Å². The molecule has 0 spiro atoms. The van der Waals surface area contributed by atoms with E-state index in [0.29, 0.717) is 60.3 Å². The number of nitrogens with zero attached hydrogens (tertiary/aromatic N) is 4. The van der Waals surface area contributed by atoms with E-state index < -0.39 is 79.0 Å². The minimum absolute atomic E-state index is 0.0316. The van der Waals surface area contributed by atoms with Gasteiger partial charge in [-0.3, -0.25) is 47.7 Å². The molecule has 24 nitrogen and oxygen atoms in total. The Morgan fingerprint density at radius 2 is 1.62 bits per heavy atom. The number of hydrogen-bond acceptors (Lipinski definition) is 14. The topological polar surface area (TPSA) is 367 Å². The van der Waals surface area contributed by atoms with Gasteiger partial charge in [-0.1, -0.05) is 82.6 Å². The second-order valence-electron chi connectivity index (χ2n) is 23.0. The van der Waals surface area contributed by atoms with Gasteiger partial charge in [0, 0.05) is 81.3 Å². The monoisotopic (exact) mass is 1270 g/mol. The number of halogens is 1. The number of aliphatic hydroxyl groups excluding tert-OH is 1. The van der Waals surface area contributed by atoms with Crippen LogP contribution in [0, 0.1) is 12.3 Å². The zero-order chi connectivity index (χ0) is 64.8. The van der Waals surface area contributed by atoms with Crippen molar-refractivity contribution in [2.75, 3.05) is 26.2 Å².